The van der Waals surface area contributed by atoms with Gasteiger partial charge in [0.15, 0.2) is 5.96 Å². The number of nitrogens with one attached hydrogen (secondary N) is 1. The van der Waals surface area contributed by atoms with Crippen molar-refractivity contribution in [2.75, 3.05) is 20.3 Å². The fraction of sp³-hybridized carbons (Fsp3) is 0.562. The van der Waals surface area contributed by atoms with Crippen LogP contribution < -0.4 is 11.1 Å². The minimum atomic E-state index is 0. The summed E-state index contributed by atoms with van der Waals surface area (Å²) in [5.41, 5.74) is 7.48. The van der Waals surface area contributed by atoms with Crippen LogP contribution in [0.15, 0.2) is 33.7 Å². The summed E-state index contributed by atoms with van der Waals surface area (Å²) in [5, 5.41) is 3.16. The highest BCUT2D eigenvalue weighted by Crippen LogP contribution is 2.44. The van der Waals surface area contributed by atoms with E-state index >= 15 is 0 Å². The molecule has 0 aliphatic heterocycles. The van der Waals surface area contributed by atoms with Gasteiger partial charge < -0.3 is 15.8 Å². The largest absolute Gasteiger partial charge is 0.383 e. The topological polar surface area (TPSA) is 59.6 Å². The normalized spacial score (nSPS) is 18.0. The van der Waals surface area contributed by atoms with E-state index in [9.17, 15) is 0 Å². The molecule has 1 fully saturated rings. The molecule has 3 N–H and O–H groups in total. The summed E-state index contributed by atoms with van der Waals surface area (Å²) >= 11 is 3.55. The van der Waals surface area contributed by atoms with Crippen molar-refractivity contribution in [2.24, 2.45) is 10.7 Å². The molecule has 124 valence electrons. The molecule has 1 aromatic carbocycles. The summed E-state index contributed by atoms with van der Waals surface area (Å²) in [4.78, 5) is 4.56. The third kappa shape index (κ3) is 5.09. The second kappa shape index (κ2) is 9.08. The fourth-order valence-electron chi connectivity index (χ4n) is 2.79. The number of guanidine groups is 1. The Morgan fingerprint density at radius 1 is 1.50 bits per heavy atom. The summed E-state index contributed by atoms with van der Waals surface area (Å²) in [6.07, 6.45) is 3.61. The third-order valence-electron chi connectivity index (χ3n) is 4.11. The lowest BCUT2D eigenvalue weighted by Gasteiger charge is -2.41. The summed E-state index contributed by atoms with van der Waals surface area (Å²) in [6.45, 7) is 3.38. The van der Waals surface area contributed by atoms with Crippen LogP contribution in [-0.4, -0.2) is 32.3 Å². The molecule has 0 heterocycles. The van der Waals surface area contributed by atoms with Gasteiger partial charge in [-0.25, -0.2) is 0 Å². The SMILES string of the molecule is COCC(C)NC(N)=NCC1(c2cccc(Br)c2)CCC1.I. The molecule has 1 aromatic rings. The number of benzene rings is 1. The molecule has 0 bridgehead atoms. The average molecular weight is 482 g/mol. The van der Waals surface area contributed by atoms with Crippen molar-refractivity contribution in [2.45, 2.75) is 37.6 Å². The number of halogens is 2. The van der Waals surface area contributed by atoms with Gasteiger partial charge in [-0.15, -0.1) is 24.0 Å². The minimum Gasteiger partial charge on any atom is -0.383 e. The van der Waals surface area contributed by atoms with E-state index in [1.165, 1.54) is 24.8 Å². The first kappa shape index (κ1) is 19.7. The molecule has 22 heavy (non-hydrogen) atoms. The number of aliphatic imine (C=N–C) groups is 1. The van der Waals surface area contributed by atoms with Crippen molar-refractivity contribution in [3.05, 3.63) is 34.3 Å². The van der Waals surface area contributed by atoms with Crippen LogP contribution in [0.1, 0.15) is 31.7 Å². The lowest BCUT2D eigenvalue weighted by molar-refractivity contribution is 0.179. The van der Waals surface area contributed by atoms with E-state index in [1.807, 2.05) is 6.92 Å². The first-order valence-electron chi connectivity index (χ1n) is 7.37. The van der Waals surface area contributed by atoms with Crippen LogP contribution in [0, 0.1) is 0 Å². The predicted molar refractivity (Wildman–Crippen MR) is 106 cm³/mol. The summed E-state index contributed by atoms with van der Waals surface area (Å²) < 4.78 is 6.21. The van der Waals surface area contributed by atoms with Gasteiger partial charge >= 0.3 is 0 Å². The van der Waals surface area contributed by atoms with Crippen LogP contribution in [0.5, 0.6) is 0 Å². The maximum Gasteiger partial charge on any atom is 0.188 e. The van der Waals surface area contributed by atoms with Crippen LogP contribution in [0.3, 0.4) is 0 Å². The van der Waals surface area contributed by atoms with Crippen molar-refractivity contribution >= 4 is 45.9 Å². The van der Waals surface area contributed by atoms with Gasteiger partial charge in [0, 0.05) is 23.0 Å². The highest BCUT2D eigenvalue weighted by molar-refractivity contribution is 14.0. The van der Waals surface area contributed by atoms with Crippen LogP contribution in [0.2, 0.25) is 0 Å². The van der Waals surface area contributed by atoms with Gasteiger partial charge in [-0.1, -0.05) is 34.5 Å². The minimum absolute atomic E-state index is 0. The van der Waals surface area contributed by atoms with Gasteiger partial charge in [0.05, 0.1) is 13.2 Å². The van der Waals surface area contributed by atoms with Gasteiger partial charge in [-0.05, 0) is 37.5 Å². The monoisotopic (exact) mass is 481 g/mol. The number of nitrogens with zero attached hydrogens (tertiary/aromatic N) is 1. The van der Waals surface area contributed by atoms with Gasteiger partial charge in [0.25, 0.3) is 0 Å². The number of nitrogens with two attached hydrogens (primary N) is 1. The first-order chi connectivity index (χ1) is 10.1. The molecule has 1 saturated carbocycles. The van der Waals surface area contributed by atoms with E-state index in [0.29, 0.717) is 12.6 Å². The number of rotatable bonds is 6. The lowest BCUT2D eigenvalue weighted by Crippen LogP contribution is -2.43. The van der Waals surface area contributed by atoms with Crippen LogP contribution in [0.25, 0.3) is 0 Å². The Bertz CT molecular complexity index is 506. The van der Waals surface area contributed by atoms with Gasteiger partial charge in [-0.2, -0.15) is 0 Å². The number of ether oxygens (including phenoxy) is 1. The number of hydrogen-bond donors (Lipinski definition) is 2. The highest BCUT2D eigenvalue weighted by atomic mass is 127. The van der Waals surface area contributed by atoms with E-state index in [2.05, 4.69) is 50.5 Å². The molecule has 6 heteroatoms. The van der Waals surface area contributed by atoms with E-state index in [1.54, 1.807) is 7.11 Å². The molecule has 0 radical (unpaired) electrons. The summed E-state index contributed by atoms with van der Waals surface area (Å²) in [7, 11) is 1.68. The average Bonchev–Trinajstić information content (AvgIpc) is 2.37. The molecule has 0 spiro atoms. The van der Waals surface area contributed by atoms with Gasteiger partial charge in [0.1, 0.15) is 0 Å². The van der Waals surface area contributed by atoms with E-state index < -0.39 is 0 Å². The molecular formula is C16H25BrIN3O. The smallest absolute Gasteiger partial charge is 0.188 e. The Kier molecular flexibility index (Phi) is 8.13. The number of hydrogen-bond acceptors (Lipinski definition) is 2. The van der Waals surface area contributed by atoms with Crippen molar-refractivity contribution in [3.8, 4) is 0 Å². The maximum atomic E-state index is 5.97. The molecular weight excluding hydrogens is 457 g/mol. The van der Waals surface area contributed by atoms with Crippen molar-refractivity contribution in [3.63, 3.8) is 0 Å². The Balaban J connectivity index is 0.00000242. The molecule has 1 aliphatic rings. The fourth-order valence-corrected chi connectivity index (χ4v) is 3.19. The Morgan fingerprint density at radius 3 is 2.77 bits per heavy atom. The van der Waals surface area contributed by atoms with Crippen LogP contribution in [0.4, 0.5) is 0 Å². The molecule has 0 saturated heterocycles. The van der Waals surface area contributed by atoms with Gasteiger partial charge in [0.2, 0.25) is 0 Å². The summed E-state index contributed by atoms with van der Waals surface area (Å²) in [5.74, 6) is 0.501. The third-order valence-corrected chi connectivity index (χ3v) is 4.60. The second-order valence-corrected chi connectivity index (χ2v) is 6.76. The van der Waals surface area contributed by atoms with E-state index in [4.69, 9.17) is 10.5 Å². The van der Waals surface area contributed by atoms with E-state index in [-0.39, 0.29) is 35.4 Å². The standard InChI is InChI=1S/C16H24BrN3O.HI/c1-12(10-21-2)20-15(18)19-11-16(7-4-8-16)13-5-3-6-14(17)9-13;/h3,5-6,9,12H,4,7-8,10-11H2,1-2H3,(H3,18,19,20);1H. The van der Waals surface area contributed by atoms with Crippen molar-refractivity contribution < 1.29 is 4.74 Å². The molecule has 2 rings (SSSR count). The molecule has 1 unspecified atom stereocenters. The first-order valence-corrected chi connectivity index (χ1v) is 8.16. The summed E-state index contributed by atoms with van der Waals surface area (Å²) in [6, 6.07) is 8.71. The van der Waals surface area contributed by atoms with Gasteiger partial charge in [-0.3, -0.25) is 4.99 Å². The Labute approximate surface area is 158 Å². The zero-order chi connectivity index (χ0) is 15.3. The second-order valence-electron chi connectivity index (χ2n) is 5.85. The Morgan fingerprint density at radius 2 is 2.23 bits per heavy atom. The highest BCUT2D eigenvalue weighted by Gasteiger charge is 2.38. The zero-order valence-corrected chi connectivity index (χ0v) is 17.1. The zero-order valence-electron chi connectivity index (χ0n) is 13.1. The quantitative estimate of drug-likeness (QED) is 0.371. The molecule has 0 aromatic heterocycles. The number of methoxy groups -OCH3 is 1. The predicted octanol–water partition coefficient (Wildman–Crippen LogP) is 3.43. The van der Waals surface area contributed by atoms with Crippen LogP contribution in [-0.2, 0) is 10.2 Å². The van der Waals surface area contributed by atoms with E-state index in [0.717, 1.165) is 11.0 Å². The molecule has 1 aliphatic carbocycles. The lowest BCUT2D eigenvalue weighted by atomic mass is 9.64. The molecule has 0 amide bonds. The maximum absolute atomic E-state index is 5.97. The van der Waals surface area contributed by atoms with Crippen molar-refractivity contribution in [1.29, 1.82) is 0 Å². The van der Waals surface area contributed by atoms with Crippen molar-refractivity contribution in [1.82, 2.24) is 5.32 Å². The van der Waals surface area contributed by atoms with Crippen LogP contribution >= 0.6 is 39.9 Å². The molecule has 1 atom stereocenters. The Hall–Kier alpha value is -0.340. The molecule has 4 nitrogen and oxygen atoms in total.